The number of aromatic nitrogens is 2. The van der Waals surface area contributed by atoms with Gasteiger partial charge < -0.3 is 0 Å². The van der Waals surface area contributed by atoms with Crippen molar-refractivity contribution in [2.24, 2.45) is 0 Å². The molecule has 3 rings (SSSR count). The molecule has 1 aliphatic heterocycles. The van der Waals surface area contributed by atoms with Gasteiger partial charge >= 0.3 is 0 Å². The van der Waals surface area contributed by atoms with Crippen LogP contribution < -0.4 is 0 Å². The summed E-state index contributed by atoms with van der Waals surface area (Å²) in [6, 6.07) is 6.78. The van der Waals surface area contributed by atoms with E-state index in [1.165, 1.54) is 40.2 Å². The van der Waals surface area contributed by atoms with E-state index in [1.807, 2.05) is 24.2 Å². The molecule has 1 aromatic carbocycles. The van der Waals surface area contributed by atoms with Crippen LogP contribution in [0.2, 0.25) is 0 Å². The molecule has 0 fully saturated rings. The lowest BCUT2D eigenvalue weighted by molar-refractivity contribution is 0.889. The van der Waals surface area contributed by atoms with Crippen LogP contribution in [-0.4, -0.2) is 15.7 Å². The van der Waals surface area contributed by atoms with Crippen LogP contribution in [0.3, 0.4) is 0 Å². The Morgan fingerprint density at radius 3 is 2.55 bits per heavy atom. The van der Waals surface area contributed by atoms with E-state index in [1.54, 1.807) is 6.33 Å². The fourth-order valence-electron chi connectivity index (χ4n) is 2.63. The minimum atomic E-state index is 0.885. The van der Waals surface area contributed by atoms with Gasteiger partial charge in [-0.05, 0) is 59.8 Å². The van der Waals surface area contributed by atoms with Gasteiger partial charge in [0.05, 0.1) is 0 Å². The molecule has 0 unspecified atom stereocenters. The predicted molar refractivity (Wildman–Crippen MR) is 94.8 cm³/mol. The Morgan fingerprint density at radius 1 is 1.05 bits per heavy atom. The first-order valence-corrected chi connectivity index (χ1v) is 8.59. The summed E-state index contributed by atoms with van der Waals surface area (Å²) < 4.78 is 0. The topological polar surface area (TPSA) is 25.8 Å². The average Bonchev–Trinajstić information content (AvgIpc) is 2.59. The molecule has 0 radical (unpaired) electrons. The van der Waals surface area contributed by atoms with Gasteiger partial charge in [-0.1, -0.05) is 25.3 Å². The molecule has 0 aliphatic carbocycles. The largest absolute Gasteiger partial charge is 0.244 e. The Balaban J connectivity index is 1.64. The molecule has 0 saturated carbocycles. The molecule has 0 saturated heterocycles. The van der Waals surface area contributed by atoms with Crippen molar-refractivity contribution in [1.29, 1.82) is 0 Å². The second kappa shape index (κ2) is 6.93. The zero-order chi connectivity index (χ0) is 15.4. The molecule has 0 spiro atoms. The van der Waals surface area contributed by atoms with Crippen molar-refractivity contribution >= 4 is 22.9 Å². The van der Waals surface area contributed by atoms with Crippen LogP contribution in [0.5, 0.6) is 0 Å². The molecule has 22 heavy (non-hydrogen) atoms. The fourth-order valence-corrected chi connectivity index (χ4v) is 3.71. The zero-order valence-electron chi connectivity index (χ0n) is 12.7. The summed E-state index contributed by atoms with van der Waals surface area (Å²) in [5.41, 5.74) is 5.99. The van der Waals surface area contributed by atoms with E-state index in [9.17, 15) is 0 Å². The third-order valence-corrected chi connectivity index (χ3v) is 5.20. The van der Waals surface area contributed by atoms with Gasteiger partial charge in [0, 0.05) is 22.9 Å². The summed E-state index contributed by atoms with van der Waals surface area (Å²) in [6.07, 6.45) is 9.46. The molecule has 1 aliphatic rings. The van der Waals surface area contributed by atoms with Crippen molar-refractivity contribution in [2.75, 3.05) is 5.75 Å². The first kappa shape index (κ1) is 15.0. The molecule has 2 heterocycles. The van der Waals surface area contributed by atoms with Crippen LogP contribution in [0.4, 0.5) is 0 Å². The summed E-state index contributed by atoms with van der Waals surface area (Å²) >= 11 is 1.97. The predicted octanol–water partition coefficient (Wildman–Crippen LogP) is 5.02. The van der Waals surface area contributed by atoms with Crippen molar-refractivity contribution in [3.8, 4) is 0 Å². The highest BCUT2D eigenvalue weighted by Gasteiger charge is 2.11. The van der Waals surface area contributed by atoms with Crippen LogP contribution in [0, 0.1) is 0 Å². The highest BCUT2D eigenvalue weighted by atomic mass is 32.2. The Labute approximate surface area is 136 Å². The lowest BCUT2D eigenvalue weighted by Gasteiger charge is -2.17. The Morgan fingerprint density at radius 2 is 1.77 bits per heavy atom. The molecule has 0 atom stereocenters. The summed E-state index contributed by atoms with van der Waals surface area (Å²) in [5.74, 6) is 1.23. The van der Waals surface area contributed by atoms with Crippen molar-refractivity contribution in [1.82, 2.24) is 9.97 Å². The van der Waals surface area contributed by atoms with Gasteiger partial charge in [0.1, 0.15) is 6.33 Å². The standard InChI is InChI=1S/C19H20N2S/c1-14(5-6-15(2)18-11-20-13-21-12-18)17-8-7-16-4-3-9-22-19(16)10-17/h7-8,10-13H,1-6,9H2. The summed E-state index contributed by atoms with van der Waals surface area (Å²) in [4.78, 5) is 9.51. The number of thioether (sulfide) groups is 1. The number of rotatable bonds is 5. The van der Waals surface area contributed by atoms with E-state index < -0.39 is 0 Å². The first-order chi connectivity index (χ1) is 10.7. The number of benzene rings is 1. The van der Waals surface area contributed by atoms with Gasteiger partial charge in [-0.3, -0.25) is 0 Å². The minimum Gasteiger partial charge on any atom is -0.244 e. The highest BCUT2D eigenvalue weighted by molar-refractivity contribution is 7.99. The summed E-state index contributed by atoms with van der Waals surface area (Å²) in [5, 5.41) is 0. The first-order valence-electron chi connectivity index (χ1n) is 7.61. The second-order valence-electron chi connectivity index (χ2n) is 5.61. The molecule has 1 aromatic heterocycles. The fraction of sp³-hybridized carbons (Fsp3) is 0.263. The minimum absolute atomic E-state index is 0.885. The Kier molecular flexibility index (Phi) is 4.74. The normalized spacial score (nSPS) is 13.5. The van der Waals surface area contributed by atoms with Gasteiger partial charge in [-0.15, -0.1) is 11.8 Å². The van der Waals surface area contributed by atoms with Crippen LogP contribution >= 0.6 is 11.8 Å². The number of allylic oxidation sites excluding steroid dienone is 2. The van der Waals surface area contributed by atoms with Crippen LogP contribution in [-0.2, 0) is 6.42 Å². The molecule has 3 heteroatoms. The smallest absolute Gasteiger partial charge is 0.115 e. The second-order valence-corrected chi connectivity index (χ2v) is 6.75. The monoisotopic (exact) mass is 308 g/mol. The molecule has 0 bridgehead atoms. The number of hydrogen-bond donors (Lipinski definition) is 0. The molecule has 2 nitrogen and oxygen atoms in total. The Hall–Kier alpha value is -1.87. The third kappa shape index (κ3) is 3.47. The maximum atomic E-state index is 4.26. The van der Waals surface area contributed by atoms with Gasteiger partial charge in [-0.25, -0.2) is 9.97 Å². The van der Waals surface area contributed by atoms with Crippen molar-refractivity contribution in [3.63, 3.8) is 0 Å². The van der Waals surface area contributed by atoms with E-state index in [0.717, 1.165) is 24.0 Å². The van der Waals surface area contributed by atoms with Crippen LogP contribution in [0.1, 0.15) is 36.0 Å². The summed E-state index contributed by atoms with van der Waals surface area (Å²) in [7, 11) is 0. The van der Waals surface area contributed by atoms with E-state index in [0.29, 0.717) is 0 Å². The lowest BCUT2D eigenvalue weighted by atomic mass is 9.97. The van der Waals surface area contributed by atoms with Gasteiger partial charge in [0.25, 0.3) is 0 Å². The SMILES string of the molecule is C=C(CCC(=C)c1ccc2c(c1)SCCC2)c1cncnc1. The molecular weight excluding hydrogens is 288 g/mol. The van der Waals surface area contributed by atoms with E-state index >= 15 is 0 Å². The molecular formula is C19H20N2S. The highest BCUT2D eigenvalue weighted by Crippen LogP contribution is 2.33. The number of aryl methyl sites for hydroxylation is 1. The van der Waals surface area contributed by atoms with Gasteiger partial charge in [0.2, 0.25) is 0 Å². The van der Waals surface area contributed by atoms with Gasteiger partial charge in [-0.2, -0.15) is 0 Å². The van der Waals surface area contributed by atoms with E-state index in [4.69, 9.17) is 0 Å². The maximum Gasteiger partial charge on any atom is 0.115 e. The molecule has 0 N–H and O–H groups in total. The number of nitrogens with zero attached hydrogens (tertiary/aromatic N) is 2. The molecule has 112 valence electrons. The molecule has 2 aromatic rings. The van der Waals surface area contributed by atoms with Crippen LogP contribution in [0.25, 0.3) is 11.1 Å². The van der Waals surface area contributed by atoms with Crippen molar-refractivity contribution in [2.45, 2.75) is 30.6 Å². The number of hydrogen-bond acceptors (Lipinski definition) is 3. The quantitative estimate of drug-likeness (QED) is 0.775. The molecule has 0 amide bonds. The van der Waals surface area contributed by atoms with Gasteiger partial charge in [0.15, 0.2) is 0 Å². The lowest BCUT2D eigenvalue weighted by Crippen LogP contribution is -1.99. The average molecular weight is 308 g/mol. The van der Waals surface area contributed by atoms with Crippen LogP contribution in [0.15, 0.2) is 55.0 Å². The zero-order valence-corrected chi connectivity index (χ0v) is 13.5. The third-order valence-electron chi connectivity index (χ3n) is 4.02. The van der Waals surface area contributed by atoms with Crippen molar-refractivity contribution < 1.29 is 0 Å². The van der Waals surface area contributed by atoms with E-state index in [-0.39, 0.29) is 0 Å². The maximum absolute atomic E-state index is 4.26. The van der Waals surface area contributed by atoms with Crippen molar-refractivity contribution in [3.05, 3.63) is 66.8 Å². The van der Waals surface area contributed by atoms with E-state index in [2.05, 4.69) is 41.3 Å². The Bertz CT molecular complexity index is 692. The number of fused-ring (bicyclic) bond motifs is 1. The summed E-state index contributed by atoms with van der Waals surface area (Å²) in [6.45, 7) is 8.39.